The quantitative estimate of drug-likeness (QED) is 0.689. The number of carbonyl (C=O) groups excluding carboxylic acids is 2. The van der Waals surface area contributed by atoms with Gasteiger partial charge in [-0.1, -0.05) is 0 Å². The van der Waals surface area contributed by atoms with Gasteiger partial charge in [0.2, 0.25) is 5.91 Å². The third kappa shape index (κ3) is 3.59. The fourth-order valence-corrected chi connectivity index (χ4v) is 2.19. The normalized spacial score (nSPS) is 26.4. The molecule has 1 saturated heterocycles. The number of likely N-dealkylation sites (tertiary alicyclic amines) is 1. The van der Waals surface area contributed by atoms with Crippen LogP contribution in [0.15, 0.2) is 0 Å². The molecule has 0 aromatic rings. The maximum absolute atomic E-state index is 11.6. The molecule has 2 aliphatic rings. The summed E-state index contributed by atoms with van der Waals surface area (Å²) in [6, 6.07) is 0. The Morgan fingerprint density at radius 2 is 2.19 bits per heavy atom. The van der Waals surface area contributed by atoms with Gasteiger partial charge in [0.1, 0.15) is 6.29 Å². The lowest BCUT2D eigenvalue weighted by atomic mass is 10.00. The van der Waals surface area contributed by atoms with Gasteiger partial charge in [0.15, 0.2) is 0 Å². The van der Waals surface area contributed by atoms with Crippen LogP contribution < -0.4 is 5.32 Å². The largest absolute Gasteiger partial charge is 0.355 e. The van der Waals surface area contributed by atoms with Gasteiger partial charge in [0.25, 0.3) is 0 Å². The summed E-state index contributed by atoms with van der Waals surface area (Å²) in [5.41, 5.74) is 0. The van der Waals surface area contributed by atoms with Crippen molar-refractivity contribution in [2.75, 3.05) is 26.2 Å². The molecule has 0 aromatic heterocycles. The molecule has 2 rings (SSSR count). The average molecular weight is 224 g/mol. The summed E-state index contributed by atoms with van der Waals surface area (Å²) in [6.07, 6.45) is 5.55. The molecule has 0 aromatic carbocycles. The number of hydrogen-bond donors (Lipinski definition) is 1. The molecule has 0 spiro atoms. The average Bonchev–Trinajstić information content (AvgIpc) is 3.10. The minimum atomic E-state index is 0.110. The van der Waals surface area contributed by atoms with Crippen molar-refractivity contribution in [3.05, 3.63) is 0 Å². The van der Waals surface area contributed by atoms with Crippen molar-refractivity contribution in [2.24, 2.45) is 11.8 Å². The van der Waals surface area contributed by atoms with Gasteiger partial charge >= 0.3 is 0 Å². The Morgan fingerprint density at radius 3 is 2.88 bits per heavy atom. The molecule has 4 heteroatoms. The predicted octanol–water partition coefficient (Wildman–Crippen LogP) is 0.423. The van der Waals surface area contributed by atoms with Crippen molar-refractivity contribution in [2.45, 2.75) is 25.7 Å². The zero-order valence-electron chi connectivity index (χ0n) is 9.65. The smallest absolute Gasteiger partial charge is 0.234 e. The highest BCUT2D eigenvalue weighted by Gasteiger charge is 2.23. The first kappa shape index (κ1) is 11.6. The number of nitrogens with zero attached hydrogens (tertiary/aromatic N) is 1. The van der Waals surface area contributed by atoms with Crippen molar-refractivity contribution in [3.8, 4) is 0 Å². The second-order valence-electron chi connectivity index (χ2n) is 5.02. The Kier molecular flexibility index (Phi) is 3.93. The van der Waals surface area contributed by atoms with E-state index in [0.29, 0.717) is 6.54 Å². The van der Waals surface area contributed by atoms with E-state index in [-0.39, 0.29) is 11.8 Å². The van der Waals surface area contributed by atoms with E-state index in [1.54, 1.807) is 0 Å². The number of nitrogens with one attached hydrogen (secondary N) is 1. The van der Waals surface area contributed by atoms with Crippen molar-refractivity contribution in [1.82, 2.24) is 10.2 Å². The zero-order valence-corrected chi connectivity index (χ0v) is 9.65. The summed E-state index contributed by atoms with van der Waals surface area (Å²) < 4.78 is 0. The van der Waals surface area contributed by atoms with Crippen LogP contribution in [0.4, 0.5) is 0 Å². The van der Waals surface area contributed by atoms with E-state index < -0.39 is 0 Å². The van der Waals surface area contributed by atoms with Crippen molar-refractivity contribution in [3.63, 3.8) is 0 Å². The first-order valence-corrected chi connectivity index (χ1v) is 6.22. The van der Waals surface area contributed by atoms with E-state index in [0.717, 1.165) is 44.7 Å². The molecule has 0 bridgehead atoms. The van der Waals surface area contributed by atoms with Crippen LogP contribution in [0, 0.1) is 11.8 Å². The van der Waals surface area contributed by atoms with Gasteiger partial charge in [0.05, 0.1) is 6.54 Å². The highest BCUT2D eigenvalue weighted by atomic mass is 16.2. The number of rotatable bonds is 5. The van der Waals surface area contributed by atoms with Crippen molar-refractivity contribution in [1.29, 1.82) is 0 Å². The van der Waals surface area contributed by atoms with Gasteiger partial charge in [-0.3, -0.25) is 9.69 Å². The summed E-state index contributed by atoms with van der Waals surface area (Å²) in [5.74, 6) is 0.969. The molecule has 0 radical (unpaired) electrons. The van der Waals surface area contributed by atoms with Crippen LogP contribution in [0.1, 0.15) is 25.7 Å². The fraction of sp³-hybridized carbons (Fsp3) is 0.833. The van der Waals surface area contributed by atoms with Crippen LogP contribution in [-0.4, -0.2) is 43.3 Å². The minimum absolute atomic E-state index is 0.110. The highest BCUT2D eigenvalue weighted by Crippen LogP contribution is 2.27. The molecule has 1 saturated carbocycles. The monoisotopic (exact) mass is 224 g/mol. The maximum Gasteiger partial charge on any atom is 0.234 e. The summed E-state index contributed by atoms with van der Waals surface area (Å²) >= 11 is 0. The standard InChI is InChI=1S/C12H20N2O2/c15-9-11-2-1-5-14(7-11)8-12(16)13-6-10-3-4-10/h9-11H,1-8H2,(H,13,16). The van der Waals surface area contributed by atoms with E-state index in [9.17, 15) is 9.59 Å². The SMILES string of the molecule is O=CC1CCCN(CC(=O)NCC2CC2)C1. The number of carbonyl (C=O) groups is 2. The molecule has 1 amide bonds. The molecular formula is C12H20N2O2. The maximum atomic E-state index is 11.6. The lowest BCUT2D eigenvalue weighted by Gasteiger charge is -2.29. The molecule has 16 heavy (non-hydrogen) atoms. The Labute approximate surface area is 96.4 Å². The number of piperidine rings is 1. The Morgan fingerprint density at radius 1 is 1.38 bits per heavy atom. The Hall–Kier alpha value is -0.900. The molecule has 4 nitrogen and oxygen atoms in total. The topological polar surface area (TPSA) is 49.4 Å². The summed E-state index contributed by atoms with van der Waals surface area (Å²) in [4.78, 5) is 24.4. The van der Waals surface area contributed by atoms with E-state index in [1.165, 1.54) is 12.8 Å². The van der Waals surface area contributed by atoms with Crippen LogP contribution in [0.25, 0.3) is 0 Å². The van der Waals surface area contributed by atoms with Gasteiger partial charge in [0, 0.05) is 19.0 Å². The van der Waals surface area contributed by atoms with E-state index in [2.05, 4.69) is 10.2 Å². The first-order chi connectivity index (χ1) is 7.78. The molecule has 1 heterocycles. The molecule has 1 aliphatic heterocycles. The Bertz CT molecular complexity index is 264. The number of aldehydes is 1. The van der Waals surface area contributed by atoms with Gasteiger partial charge in [-0.05, 0) is 38.1 Å². The molecule has 1 unspecified atom stereocenters. The van der Waals surface area contributed by atoms with Crippen LogP contribution in [0.3, 0.4) is 0 Å². The molecule has 1 aliphatic carbocycles. The second-order valence-corrected chi connectivity index (χ2v) is 5.02. The fourth-order valence-electron chi connectivity index (χ4n) is 2.19. The zero-order chi connectivity index (χ0) is 11.4. The third-order valence-electron chi connectivity index (χ3n) is 3.39. The second kappa shape index (κ2) is 5.43. The van der Waals surface area contributed by atoms with Crippen molar-refractivity contribution < 1.29 is 9.59 Å². The van der Waals surface area contributed by atoms with Crippen LogP contribution in [-0.2, 0) is 9.59 Å². The summed E-state index contributed by atoms with van der Waals surface area (Å²) in [5, 5.41) is 2.96. The highest BCUT2D eigenvalue weighted by molar-refractivity contribution is 5.78. The van der Waals surface area contributed by atoms with Gasteiger partial charge < -0.3 is 10.1 Å². The van der Waals surface area contributed by atoms with Gasteiger partial charge in [-0.25, -0.2) is 0 Å². The molecule has 2 fully saturated rings. The molecule has 1 N–H and O–H groups in total. The molecule has 90 valence electrons. The van der Waals surface area contributed by atoms with Crippen LogP contribution >= 0.6 is 0 Å². The van der Waals surface area contributed by atoms with E-state index in [4.69, 9.17) is 0 Å². The Balaban J connectivity index is 1.66. The first-order valence-electron chi connectivity index (χ1n) is 6.22. The number of hydrogen-bond acceptors (Lipinski definition) is 3. The summed E-state index contributed by atoms with van der Waals surface area (Å²) in [6.45, 7) is 2.99. The third-order valence-corrected chi connectivity index (χ3v) is 3.39. The molecule has 1 atom stereocenters. The van der Waals surface area contributed by atoms with Crippen molar-refractivity contribution >= 4 is 12.2 Å². The predicted molar refractivity (Wildman–Crippen MR) is 61.0 cm³/mol. The molecular weight excluding hydrogens is 204 g/mol. The van der Waals surface area contributed by atoms with Gasteiger partial charge in [-0.15, -0.1) is 0 Å². The van der Waals surface area contributed by atoms with Crippen LogP contribution in [0.2, 0.25) is 0 Å². The lowest BCUT2D eigenvalue weighted by molar-refractivity contribution is -0.123. The number of amides is 1. The van der Waals surface area contributed by atoms with Crippen LogP contribution in [0.5, 0.6) is 0 Å². The lowest BCUT2D eigenvalue weighted by Crippen LogP contribution is -2.43. The van der Waals surface area contributed by atoms with Gasteiger partial charge in [-0.2, -0.15) is 0 Å². The van der Waals surface area contributed by atoms with E-state index in [1.807, 2.05) is 0 Å². The van der Waals surface area contributed by atoms with E-state index >= 15 is 0 Å². The summed E-state index contributed by atoms with van der Waals surface area (Å²) in [7, 11) is 0. The minimum Gasteiger partial charge on any atom is -0.355 e.